The van der Waals surface area contributed by atoms with E-state index in [1.165, 1.54) is 6.21 Å². The third-order valence-corrected chi connectivity index (χ3v) is 5.51. The fourth-order valence-corrected chi connectivity index (χ4v) is 3.78. The van der Waals surface area contributed by atoms with Crippen LogP contribution in [0.25, 0.3) is 16.9 Å². The van der Waals surface area contributed by atoms with Gasteiger partial charge in [-0.1, -0.05) is 48.0 Å². The average Bonchev–Trinajstić information content (AvgIpc) is 3.34. The smallest absolute Gasteiger partial charge is 0.308 e. The van der Waals surface area contributed by atoms with Crippen molar-refractivity contribution < 1.29 is 33.4 Å². The minimum absolute atomic E-state index is 0.191. The Labute approximate surface area is 235 Å². The second-order valence-corrected chi connectivity index (χ2v) is 8.85. The van der Waals surface area contributed by atoms with Crippen molar-refractivity contribution in [2.24, 2.45) is 5.10 Å². The van der Waals surface area contributed by atoms with Gasteiger partial charge in [-0.2, -0.15) is 10.2 Å². The predicted molar refractivity (Wildman–Crippen MR) is 149 cm³/mol. The number of hydrazone groups is 1. The Balaban J connectivity index is 1.68. The molecule has 0 unspecified atom stereocenters. The molecule has 0 aliphatic carbocycles. The number of rotatable bonds is 8. The first-order chi connectivity index (χ1) is 19.6. The summed E-state index contributed by atoms with van der Waals surface area (Å²) < 4.78 is 17.0. The zero-order valence-corrected chi connectivity index (χ0v) is 22.7. The lowest BCUT2D eigenvalue weighted by atomic mass is 10.1. The van der Waals surface area contributed by atoms with Crippen LogP contribution in [0.5, 0.6) is 17.2 Å². The molecule has 0 atom stereocenters. The number of benzene rings is 3. The molecule has 0 aliphatic rings. The van der Waals surface area contributed by atoms with Gasteiger partial charge in [0.25, 0.3) is 5.91 Å². The highest BCUT2D eigenvalue weighted by Crippen LogP contribution is 2.36. The van der Waals surface area contributed by atoms with Crippen LogP contribution in [-0.2, 0) is 14.4 Å². The van der Waals surface area contributed by atoms with Gasteiger partial charge in [-0.15, -0.1) is 0 Å². The molecule has 4 rings (SSSR count). The minimum atomic E-state index is -0.785. The molecule has 0 fully saturated rings. The molecule has 1 heterocycles. The van der Waals surface area contributed by atoms with Crippen molar-refractivity contribution in [3.05, 3.63) is 89.6 Å². The van der Waals surface area contributed by atoms with Gasteiger partial charge in [0, 0.05) is 50.2 Å². The van der Waals surface area contributed by atoms with E-state index in [2.05, 4.69) is 10.5 Å². The second kappa shape index (κ2) is 12.5. The summed E-state index contributed by atoms with van der Waals surface area (Å²) >= 11 is 0. The minimum Gasteiger partial charge on any atom is -0.426 e. The number of carbonyl (C=O) groups is 4. The number of nitrogens with one attached hydrogen (secondary N) is 1. The lowest BCUT2D eigenvalue weighted by molar-refractivity contribution is -0.134. The van der Waals surface area contributed by atoms with Crippen LogP contribution in [0.15, 0.2) is 78.0 Å². The van der Waals surface area contributed by atoms with Crippen molar-refractivity contribution in [2.45, 2.75) is 27.7 Å². The van der Waals surface area contributed by atoms with E-state index in [0.29, 0.717) is 11.3 Å². The molecule has 1 N–H and O–H groups in total. The molecule has 0 saturated carbocycles. The molecular formula is C30H26N4O7. The zero-order chi connectivity index (χ0) is 29.5. The van der Waals surface area contributed by atoms with Gasteiger partial charge in [0.1, 0.15) is 11.4 Å². The van der Waals surface area contributed by atoms with Crippen LogP contribution < -0.4 is 19.6 Å². The monoisotopic (exact) mass is 554 g/mol. The zero-order valence-electron chi connectivity index (χ0n) is 22.7. The molecule has 0 spiro atoms. The van der Waals surface area contributed by atoms with Gasteiger partial charge >= 0.3 is 17.9 Å². The predicted octanol–water partition coefficient (Wildman–Crippen LogP) is 4.39. The fourth-order valence-electron chi connectivity index (χ4n) is 3.78. The standard InChI is InChI=1S/C30H26N4O7/c1-18-10-12-22(13-11-18)29-23(17-34(33-29)24-8-6-5-7-9-24)16-31-32-30(38)25-14-27(40-20(3)36)28(41-21(4)37)15-26(25)39-19(2)35/h5-17H,1-4H3,(H,32,38)/b31-16-. The lowest BCUT2D eigenvalue weighted by Crippen LogP contribution is -2.20. The Morgan fingerprint density at radius 3 is 2.00 bits per heavy atom. The second-order valence-electron chi connectivity index (χ2n) is 8.85. The number of para-hydroxylation sites is 1. The molecule has 11 heteroatoms. The molecule has 0 radical (unpaired) electrons. The van der Waals surface area contributed by atoms with E-state index in [4.69, 9.17) is 19.3 Å². The molecule has 3 aromatic carbocycles. The molecule has 41 heavy (non-hydrogen) atoms. The normalized spacial score (nSPS) is 10.7. The van der Waals surface area contributed by atoms with E-state index >= 15 is 0 Å². The molecule has 1 amide bonds. The van der Waals surface area contributed by atoms with Crippen molar-refractivity contribution in [3.63, 3.8) is 0 Å². The topological polar surface area (TPSA) is 138 Å². The van der Waals surface area contributed by atoms with Gasteiger partial charge in [0.2, 0.25) is 0 Å². The van der Waals surface area contributed by atoms with E-state index in [-0.39, 0.29) is 22.8 Å². The summed E-state index contributed by atoms with van der Waals surface area (Å²) in [4.78, 5) is 48.0. The molecule has 0 bridgehead atoms. The number of amides is 1. The van der Waals surface area contributed by atoms with Gasteiger partial charge in [0.05, 0.1) is 17.5 Å². The molecule has 4 aromatic rings. The average molecular weight is 555 g/mol. The van der Waals surface area contributed by atoms with Crippen molar-refractivity contribution in [2.75, 3.05) is 0 Å². The first-order valence-electron chi connectivity index (χ1n) is 12.4. The summed E-state index contributed by atoms with van der Waals surface area (Å²) in [5.74, 6) is -3.60. The fraction of sp³-hybridized carbons (Fsp3) is 0.133. The number of ether oxygens (including phenoxy) is 3. The Bertz CT molecular complexity index is 1640. The Kier molecular flexibility index (Phi) is 8.68. The van der Waals surface area contributed by atoms with Crippen LogP contribution in [0.4, 0.5) is 0 Å². The Hall–Kier alpha value is -5.58. The maximum absolute atomic E-state index is 13.1. The highest BCUT2D eigenvalue weighted by Gasteiger charge is 2.22. The van der Waals surface area contributed by atoms with E-state index in [9.17, 15) is 19.2 Å². The largest absolute Gasteiger partial charge is 0.426 e. The van der Waals surface area contributed by atoms with Crippen molar-refractivity contribution >= 4 is 30.0 Å². The van der Waals surface area contributed by atoms with Gasteiger partial charge < -0.3 is 14.2 Å². The maximum atomic E-state index is 13.1. The number of nitrogens with zero attached hydrogens (tertiary/aromatic N) is 3. The van der Waals surface area contributed by atoms with Gasteiger partial charge in [0.15, 0.2) is 11.5 Å². The van der Waals surface area contributed by atoms with Crippen LogP contribution in [0, 0.1) is 6.92 Å². The molecule has 1 aromatic heterocycles. The maximum Gasteiger partial charge on any atom is 0.308 e. The number of hydrogen-bond donors (Lipinski definition) is 1. The highest BCUT2D eigenvalue weighted by atomic mass is 16.6. The molecular weight excluding hydrogens is 528 g/mol. The molecule has 208 valence electrons. The number of carbonyl (C=O) groups excluding carboxylic acids is 4. The third-order valence-electron chi connectivity index (χ3n) is 5.51. The van der Waals surface area contributed by atoms with Gasteiger partial charge in [-0.05, 0) is 19.1 Å². The molecule has 0 saturated heterocycles. The van der Waals surface area contributed by atoms with Crippen molar-refractivity contribution in [3.8, 4) is 34.2 Å². The lowest BCUT2D eigenvalue weighted by Gasteiger charge is -2.14. The summed E-state index contributed by atoms with van der Waals surface area (Å²) in [5, 5.41) is 8.82. The highest BCUT2D eigenvalue weighted by molar-refractivity contribution is 5.99. The SMILES string of the molecule is CC(=O)Oc1cc(OC(C)=O)c(C(=O)N/N=C\c2cn(-c3ccccc3)nc2-c2ccc(C)cc2)cc1OC(C)=O. The summed E-state index contributed by atoms with van der Waals surface area (Å²) in [6.07, 6.45) is 3.21. The summed E-state index contributed by atoms with van der Waals surface area (Å²) in [6.45, 7) is 5.41. The van der Waals surface area contributed by atoms with Gasteiger partial charge in [-0.25, -0.2) is 10.1 Å². The summed E-state index contributed by atoms with van der Waals surface area (Å²) in [6, 6.07) is 19.6. The summed E-state index contributed by atoms with van der Waals surface area (Å²) in [7, 11) is 0. The molecule has 0 aliphatic heterocycles. The summed E-state index contributed by atoms with van der Waals surface area (Å²) in [5.41, 5.74) is 6.23. The number of esters is 3. The first-order valence-corrected chi connectivity index (χ1v) is 12.4. The van der Waals surface area contributed by atoms with Crippen LogP contribution >= 0.6 is 0 Å². The Morgan fingerprint density at radius 2 is 1.39 bits per heavy atom. The van der Waals surface area contributed by atoms with Crippen molar-refractivity contribution in [1.29, 1.82) is 0 Å². The van der Waals surface area contributed by atoms with E-state index in [1.54, 1.807) is 10.9 Å². The molecule has 11 nitrogen and oxygen atoms in total. The third kappa shape index (κ3) is 7.30. The quantitative estimate of drug-likeness (QED) is 0.147. The Morgan fingerprint density at radius 1 is 0.805 bits per heavy atom. The van der Waals surface area contributed by atoms with Crippen LogP contribution in [0.3, 0.4) is 0 Å². The van der Waals surface area contributed by atoms with Crippen LogP contribution in [-0.4, -0.2) is 39.8 Å². The number of aromatic nitrogens is 2. The van der Waals surface area contributed by atoms with E-state index < -0.39 is 23.8 Å². The van der Waals surface area contributed by atoms with Gasteiger partial charge in [-0.3, -0.25) is 19.2 Å². The number of aryl methyl sites for hydroxylation is 1. The van der Waals surface area contributed by atoms with E-state index in [1.807, 2.05) is 61.5 Å². The van der Waals surface area contributed by atoms with Crippen molar-refractivity contribution in [1.82, 2.24) is 15.2 Å². The van der Waals surface area contributed by atoms with Crippen LogP contribution in [0.1, 0.15) is 42.3 Å². The first kappa shape index (κ1) is 28.4. The van der Waals surface area contributed by atoms with Crippen LogP contribution in [0.2, 0.25) is 0 Å². The van der Waals surface area contributed by atoms with E-state index in [0.717, 1.165) is 49.7 Å². The number of hydrogen-bond acceptors (Lipinski definition) is 9.